The monoisotopic (exact) mass is 726 g/mol. The third-order valence-corrected chi connectivity index (χ3v) is 13.8. The summed E-state index contributed by atoms with van der Waals surface area (Å²) in [5.41, 5.74) is 18.5. The van der Waals surface area contributed by atoms with Crippen LogP contribution in [-0.4, -0.2) is 9.13 Å². The van der Waals surface area contributed by atoms with E-state index in [2.05, 4.69) is 200 Å². The Balaban J connectivity index is 1.20. The van der Waals surface area contributed by atoms with Crippen LogP contribution in [0.5, 0.6) is 0 Å². The molecule has 0 saturated carbocycles. The quantitative estimate of drug-likeness (QED) is 0.159. The third-order valence-electron chi connectivity index (χ3n) is 13.8. The number of rotatable bonds is 1. The van der Waals surface area contributed by atoms with Gasteiger partial charge in [-0.1, -0.05) is 130 Å². The molecule has 9 aromatic rings. The number of para-hydroxylation sites is 1. The van der Waals surface area contributed by atoms with Crippen molar-refractivity contribution in [1.82, 2.24) is 9.13 Å². The number of benzene rings is 7. The molecule has 0 spiro atoms. The maximum Gasteiger partial charge on any atom is 0.0582 e. The third kappa shape index (κ3) is 4.33. The van der Waals surface area contributed by atoms with Crippen LogP contribution in [0.1, 0.15) is 103 Å². The number of aromatic nitrogens is 2. The Hall–Kier alpha value is -5.60. The van der Waals surface area contributed by atoms with Crippen molar-refractivity contribution < 1.29 is 0 Å². The Morgan fingerprint density at radius 3 is 1.80 bits per heavy atom. The van der Waals surface area contributed by atoms with Gasteiger partial charge in [0.05, 0.1) is 27.8 Å². The maximum absolute atomic E-state index is 2.62. The van der Waals surface area contributed by atoms with Crippen molar-refractivity contribution in [2.75, 3.05) is 0 Å². The van der Waals surface area contributed by atoms with Crippen LogP contribution in [0.25, 0.3) is 76.9 Å². The molecule has 0 N–H and O–H groups in total. The summed E-state index contributed by atoms with van der Waals surface area (Å²) in [4.78, 5) is 0. The molecule has 2 heteroatoms. The number of nitrogens with zero attached hydrogens (tertiary/aromatic N) is 2. The summed E-state index contributed by atoms with van der Waals surface area (Å²) >= 11 is 0. The predicted molar refractivity (Wildman–Crippen MR) is 240 cm³/mol. The average molecular weight is 727 g/mol. The van der Waals surface area contributed by atoms with E-state index in [1.165, 1.54) is 110 Å². The second-order valence-corrected chi connectivity index (χ2v) is 20.0. The normalized spacial score (nSPS) is 15.6. The first-order valence-corrected chi connectivity index (χ1v) is 20.4. The molecular weight excluding hydrogens is 677 g/mol. The molecule has 0 fully saturated rings. The van der Waals surface area contributed by atoms with Crippen molar-refractivity contribution in [3.63, 3.8) is 0 Å². The minimum Gasteiger partial charge on any atom is -0.309 e. The first-order valence-electron chi connectivity index (χ1n) is 20.4. The molecule has 11 rings (SSSR count). The van der Waals surface area contributed by atoms with Gasteiger partial charge in [-0.25, -0.2) is 0 Å². The summed E-state index contributed by atoms with van der Waals surface area (Å²) in [5.74, 6) is 0. The fourth-order valence-corrected chi connectivity index (χ4v) is 10.4. The molecule has 0 unspecified atom stereocenters. The van der Waals surface area contributed by atoms with E-state index in [1.807, 2.05) is 0 Å². The van der Waals surface area contributed by atoms with Gasteiger partial charge in [0.2, 0.25) is 0 Å². The lowest BCUT2D eigenvalue weighted by Crippen LogP contribution is -2.28. The lowest BCUT2D eigenvalue weighted by Gasteiger charge is -2.37. The van der Waals surface area contributed by atoms with Gasteiger partial charge in [-0.3, -0.25) is 0 Å². The maximum atomic E-state index is 2.62. The van der Waals surface area contributed by atoms with Gasteiger partial charge in [0.15, 0.2) is 0 Å². The molecule has 2 aliphatic rings. The number of hydrogen-bond acceptors (Lipinski definition) is 0. The zero-order chi connectivity index (χ0) is 38.8. The molecular formula is C54H50N2. The predicted octanol–water partition coefficient (Wildman–Crippen LogP) is 14.6. The second-order valence-electron chi connectivity index (χ2n) is 20.0. The van der Waals surface area contributed by atoms with Crippen molar-refractivity contribution in [2.45, 2.75) is 90.9 Å². The summed E-state index contributed by atoms with van der Waals surface area (Å²) in [6, 6.07) is 47.0. The lowest BCUT2D eigenvalue weighted by atomic mass is 9.71. The van der Waals surface area contributed by atoms with Crippen LogP contribution in [0.4, 0.5) is 0 Å². The average Bonchev–Trinajstić information content (AvgIpc) is 3.74. The summed E-state index contributed by atoms with van der Waals surface area (Å²) in [6.45, 7) is 23.9. The van der Waals surface area contributed by atoms with Crippen molar-refractivity contribution in [3.8, 4) is 22.5 Å². The highest BCUT2D eigenvalue weighted by Crippen LogP contribution is 2.56. The zero-order valence-electron chi connectivity index (χ0n) is 34.4. The molecule has 0 amide bonds. The van der Waals surface area contributed by atoms with Gasteiger partial charge < -0.3 is 9.13 Å². The molecule has 7 aromatic carbocycles. The largest absolute Gasteiger partial charge is 0.309 e. The van der Waals surface area contributed by atoms with Gasteiger partial charge in [0.25, 0.3) is 0 Å². The molecule has 0 radical (unpaired) electrons. The van der Waals surface area contributed by atoms with E-state index >= 15 is 0 Å². The molecule has 2 nitrogen and oxygen atoms in total. The van der Waals surface area contributed by atoms with Crippen molar-refractivity contribution in [3.05, 3.63) is 155 Å². The van der Waals surface area contributed by atoms with E-state index in [-0.39, 0.29) is 21.7 Å². The van der Waals surface area contributed by atoms with Crippen LogP contribution < -0.4 is 0 Å². The number of fused-ring (bicyclic) bond motifs is 12. The van der Waals surface area contributed by atoms with E-state index in [0.717, 1.165) is 0 Å². The fraction of sp³-hybridized carbons (Fsp3) is 0.259. The lowest BCUT2D eigenvalue weighted by molar-refractivity contribution is 0.581. The highest BCUT2D eigenvalue weighted by molar-refractivity contribution is 6.14. The van der Waals surface area contributed by atoms with Crippen LogP contribution in [0.3, 0.4) is 0 Å². The van der Waals surface area contributed by atoms with Crippen molar-refractivity contribution >= 4 is 54.4 Å². The Morgan fingerprint density at radius 2 is 1.04 bits per heavy atom. The molecule has 0 atom stereocenters. The first kappa shape index (κ1) is 33.7. The highest BCUT2D eigenvalue weighted by atomic mass is 15.0. The Bertz CT molecular complexity index is 3200. The number of hydrogen-bond donors (Lipinski definition) is 0. The SMILES string of the molecule is CC(C)(C)c1ccc2c(c1)c1cc(C(C)(C)C)cc3c1n2-c1cc2c(cc1C3(C)C)-c1cc3c4ccccc4n(-c4ccc5ccccc5c4)c3cc1C2(C)C. The van der Waals surface area contributed by atoms with Crippen LogP contribution in [0.2, 0.25) is 0 Å². The van der Waals surface area contributed by atoms with Crippen LogP contribution in [0.15, 0.2) is 121 Å². The zero-order valence-corrected chi connectivity index (χ0v) is 34.4. The molecule has 1 aliphatic carbocycles. The standard InChI is InChI=1S/C54H50N2/c1-51(2,3)33-20-22-47-39(24-33)41-25-34(52(4,5)6)26-45-50(41)56(47)49-30-43-38(28-44(49)54(45,9)10)37-27-40-36-17-13-14-18-46(36)55(48(40)29-42(37)53(43,7)8)35-21-19-31-15-11-12-16-32(31)23-35/h11-30H,1-10H3. The van der Waals surface area contributed by atoms with E-state index in [4.69, 9.17) is 0 Å². The smallest absolute Gasteiger partial charge is 0.0582 e. The molecule has 276 valence electrons. The molecule has 3 heterocycles. The minimum atomic E-state index is -0.204. The van der Waals surface area contributed by atoms with Gasteiger partial charge in [-0.05, 0) is 127 Å². The van der Waals surface area contributed by atoms with Gasteiger partial charge in [0, 0.05) is 38.1 Å². The van der Waals surface area contributed by atoms with E-state index in [1.54, 1.807) is 0 Å². The van der Waals surface area contributed by atoms with Gasteiger partial charge in [-0.2, -0.15) is 0 Å². The Kier molecular flexibility index (Phi) is 6.39. The van der Waals surface area contributed by atoms with Gasteiger partial charge in [0.1, 0.15) is 0 Å². The van der Waals surface area contributed by atoms with E-state index in [9.17, 15) is 0 Å². The van der Waals surface area contributed by atoms with Gasteiger partial charge in [-0.15, -0.1) is 0 Å². The Labute approximate surface area is 330 Å². The topological polar surface area (TPSA) is 9.86 Å². The van der Waals surface area contributed by atoms with E-state index in [0.29, 0.717) is 0 Å². The van der Waals surface area contributed by atoms with Crippen LogP contribution in [0, 0.1) is 0 Å². The van der Waals surface area contributed by atoms with Crippen LogP contribution in [-0.2, 0) is 21.7 Å². The molecule has 2 aromatic heterocycles. The van der Waals surface area contributed by atoms with Gasteiger partial charge >= 0.3 is 0 Å². The summed E-state index contributed by atoms with van der Waals surface area (Å²) < 4.78 is 5.11. The second kappa shape index (κ2) is 10.6. The fourth-order valence-electron chi connectivity index (χ4n) is 10.4. The summed E-state index contributed by atoms with van der Waals surface area (Å²) in [5, 5.41) is 7.86. The molecule has 0 saturated heterocycles. The molecule has 1 aliphatic heterocycles. The van der Waals surface area contributed by atoms with E-state index < -0.39 is 0 Å². The summed E-state index contributed by atoms with van der Waals surface area (Å²) in [6.07, 6.45) is 0. The molecule has 56 heavy (non-hydrogen) atoms. The molecule has 0 bridgehead atoms. The Morgan fingerprint density at radius 1 is 0.411 bits per heavy atom. The highest BCUT2D eigenvalue weighted by Gasteiger charge is 2.42. The van der Waals surface area contributed by atoms with Crippen molar-refractivity contribution in [2.24, 2.45) is 0 Å². The van der Waals surface area contributed by atoms with Crippen molar-refractivity contribution in [1.29, 1.82) is 0 Å². The van der Waals surface area contributed by atoms with Crippen LogP contribution >= 0.6 is 0 Å². The minimum absolute atomic E-state index is 0.0232. The first-order chi connectivity index (χ1) is 26.5. The summed E-state index contributed by atoms with van der Waals surface area (Å²) in [7, 11) is 0.